The van der Waals surface area contributed by atoms with E-state index in [0.717, 1.165) is 17.5 Å². The highest BCUT2D eigenvalue weighted by molar-refractivity contribution is 7.89. The fourth-order valence-corrected chi connectivity index (χ4v) is 5.04. The second kappa shape index (κ2) is 11.9. The van der Waals surface area contributed by atoms with Gasteiger partial charge in [-0.15, -0.1) is 0 Å². The van der Waals surface area contributed by atoms with E-state index in [1.165, 1.54) is 12.1 Å². The first kappa shape index (κ1) is 24.8. The maximum atomic E-state index is 12.6. The Kier molecular flexibility index (Phi) is 8.39. The molecule has 7 nitrogen and oxygen atoms in total. The van der Waals surface area contributed by atoms with E-state index in [4.69, 9.17) is 9.47 Å². The zero-order chi connectivity index (χ0) is 24.5. The quantitative estimate of drug-likeness (QED) is 0.390. The summed E-state index contributed by atoms with van der Waals surface area (Å²) in [6.45, 7) is 1.15. The third-order valence-electron chi connectivity index (χ3n) is 5.77. The van der Waals surface area contributed by atoms with Crippen molar-refractivity contribution in [1.29, 1.82) is 0 Å². The smallest absolute Gasteiger partial charge is 0.240 e. The lowest BCUT2D eigenvalue weighted by molar-refractivity contribution is -0.121. The van der Waals surface area contributed by atoms with Crippen LogP contribution in [0, 0.1) is 0 Å². The molecule has 1 aliphatic rings. The van der Waals surface area contributed by atoms with E-state index >= 15 is 0 Å². The highest BCUT2D eigenvalue weighted by atomic mass is 32.2. The largest absolute Gasteiger partial charge is 0.486 e. The standard InChI is InChI=1S/C27H30N2O5S/c30-26(29-27(21-10-4-1-5-11-21)22-12-6-2-7-13-22)14-8-3-9-17-28-35(31,32)23-15-16-24-25(20-23)34-19-18-33-24/h1-2,4-7,10-13,15-16,20,27-28H,3,8-9,14,17-19H2,(H,29,30). The molecule has 3 aromatic carbocycles. The van der Waals surface area contributed by atoms with Gasteiger partial charge in [-0.25, -0.2) is 13.1 Å². The minimum absolute atomic E-state index is 0.0282. The first-order valence-corrected chi connectivity index (χ1v) is 13.3. The predicted octanol–water partition coefficient (Wildman–Crippen LogP) is 4.20. The van der Waals surface area contributed by atoms with Crippen molar-refractivity contribution in [3.8, 4) is 11.5 Å². The molecule has 3 aromatic rings. The SMILES string of the molecule is O=C(CCCCCNS(=O)(=O)c1ccc2c(c1)OCCO2)NC(c1ccccc1)c1ccccc1. The highest BCUT2D eigenvalue weighted by Crippen LogP contribution is 2.32. The zero-order valence-electron chi connectivity index (χ0n) is 19.5. The summed E-state index contributed by atoms with van der Waals surface area (Å²) in [6.07, 6.45) is 2.43. The first-order chi connectivity index (χ1) is 17.0. The molecule has 0 atom stereocenters. The van der Waals surface area contributed by atoms with Crippen molar-refractivity contribution in [3.05, 3.63) is 90.0 Å². The van der Waals surface area contributed by atoms with Gasteiger partial charge in [0.05, 0.1) is 10.9 Å². The summed E-state index contributed by atoms with van der Waals surface area (Å²) in [6, 6.07) is 24.2. The molecule has 0 unspecified atom stereocenters. The minimum atomic E-state index is -3.64. The molecular formula is C27H30N2O5S. The van der Waals surface area contributed by atoms with Crippen molar-refractivity contribution in [3.63, 3.8) is 0 Å². The molecule has 0 aliphatic carbocycles. The second-order valence-electron chi connectivity index (χ2n) is 8.34. The maximum absolute atomic E-state index is 12.6. The number of carbonyl (C=O) groups is 1. The lowest BCUT2D eigenvalue weighted by atomic mass is 9.98. The van der Waals surface area contributed by atoms with Crippen molar-refractivity contribution in [2.75, 3.05) is 19.8 Å². The molecule has 2 N–H and O–H groups in total. The van der Waals surface area contributed by atoms with Gasteiger partial charge in [-0.05, 0) is 36.1 Å². The van der Waals surface area contributed by atoms with Gasteiger partial charge >= 0.3 is 0 Å². The average Bonchev–Trinajstić information content (AvgIpc) is 2.90. The molecule has 1 heterocycles. The molecule has 1 amide bonds. The van der Waals surface area contributed by atoms with Crippen molar-refractivity contribution in [2.24, 2.45) is 0 Å². The third-order valence-corrected chi connectivity index (χ3v) is 7.23. The van der Waals surface area contributed by atoms with Crippen LogP contribution in [0.5, 0.6) is 11.5 Å². The molecule has 0 aromatic heterocycles. The molecule has 184 valence electrons. The Balaban J connectivity index is 1.22. The van der Waals surface area contributed by atoms with E-state index in [2.05, 4.69) is 10.0 Å². The monoisotopic (exact) mass is 494 g/mol. The summed E-state index contributed by atoms with van der Waals surface area (Å²) in [7, 11) is -3.64. The highest BCUT2D eigenvalue weighted by Gasteiger charge is 2.19. The topological polar surface area (TPSA) is 93.7 Å². The Morgan fingerprint density at radius 2 is 1.43 bits per heavy atom. The van der Waals surface area contributed by atoms with Crippen LogP contribution in [-0.4, -0.2) is 34.1 Å². The predicted molar refractivity (Wildman–Crippen MR) is 134 cm³/mol. The summed E-state index contributed by atoms with van der Waals surface area (Å²) in [4.78, 5) is 12.8. The van der Waals surface area contributed by atoms with Crippen molar-refractivity contribution in [1.82, 2.24) is 10.0 Å². The molecule has 0 spiro atoms. The van der Waals surface area contributed by atoms with Crippen LogP contribution < -0.4 is 19.5 Å². The van der Waals surface area contributed by atoms with Crippen molar-refractivity contribution in [2.45, 2.75) is 36.6 Å². The van der Waals surface area contributed by atoms with Gasteiger partial charge in [0.25, 0.3) is 0 Å². The molecule has 0 fully saturated rings. The van der Waals surface area contributed by atoms with Crippen LogP contribution in [0.4, 0.5) is 0 Å². The van der Waals surface area contributed by atoms with Gasteiger partial charge in [0.2, 0.25) is 15.9 Å². The van der Waals surface area contributed by atoms with Gasteiger partial charge in [0, 0.05) is 19.0 Å². The van der Waals surface area contributed by atoms with Crippen LogP contribution in [0.2, 0.25) is 0 Å². The summed E-state index contributed by atoms with van der Waals surface area (Å²) < 4.78 is 38.7. The molecule has 0 saturated carbocycles. The van der Waals surface area contributed by atoms with Gasteiger partial charge < -0.3 is 14.8 Å². The van der Waals surface area contributed by atoms with E-state index < -0.39 is 10.0 Å². The van der Waals surface area contributed by atoms with Crippen molar-refractivity contribution >= 4 is 15.9 Å². The van der Waals surface area contributed by atoms with Gasteiger partial charge in [-0.2, -0.15) is 0 Å². The third kappa shape index (κ3) is 6.83. The number of fused-ring (bicyclic) bond motifs is 1. The van der Waals surface area contributed by atoms with Crippen LogP contribution in [0.1, 0.15) is 42.9 Å². The first-order valence-electron chi connectivity index (χ1n) is 11.8. The van der Waals surface area contributed by atoms with Crippen LogP contribution in [0.15, 0.2) is 83.8 Å². The number of hydrogen-bond donors (Lipinski definition) is 2. The number of hydrogen-bond acceptors (Lipinski definition) is 5. The lowest BCUT2D eigenvalue weighted by Gasteiger charge is -2.20. The zero-order valence-corrected chi connectivity index (χ0v) is 20.3. The minimum Gasteiger partial charge on any atom is -0.486 e. The summed E-state index contributed by atoms with van der Waals surface area (Å²) in [5, 5.41) is 3.14. The number of ether oxygens (including phenoxy) is 2. The number of unbranched alkanes of at least 4 members (excludes halogenated alkanes) is 2. The molecule has 1 aliphatic heterocycles. The molecule has 0 saturated heterocycles. The van der Waals surface area contributed by atoms with E-state index in [9.17, 15) is 13.2 Å². The lowest BCUT2D eigenvalue weighted by Crippen LogP contribution is -2.29. The number of carbonyl (C=O) groups excluding carboxylic acids is 1. The molecular weight excluding hydrogens is 464 g/mol. The molecule has 0 radical (unpaired) electrons. The molecule has 4 rings (SSSR count). The van der Waals surface area contributed by atoms with Crippen LogP contribution >= 0.6 is 0 Å². The Bertz CT molecular complexity index is 1180. The van der Waals surface area contributed by atoms with E-state index in [0.29, 0.717) is 50.5 Å². The maximum Gasteiger partial charge on any atom is 0.240 e. The number of amides is 1. The van der Waals surface area contributed by atoms with Crippen molar-refractivity contribution < 1.29 is 22.7 Å². The Hall–Kier alpha value is -3.36. The Morgan fingerprint density at radius 3 is 2.09 bits per heavy atom. The van der Waals surface area contributed by atoms with Crippen LogP contribution in [0.25, 0.3) is 0 Å². The average molecular weight is 495 g/mol. The normalized spacial score (nSPS) is 12.9. The van der Waals surface area contributed by atoms with Gasteiger partial charge in [-0.1, -0.05) is 67.1 Å². The number of nitrogens with one attached hydrogen (secondary N) is 2. The fourth-order valence-electron chi connectivity index (χ4n) is 3.95. The van der Waals surface area contributed by atoms with E-state index in [1.54, 1.807) is 6.07 Å². The number of sulfonamides is 1. The van der Waals surface area contributed by atoms with Gasteiger partial charge in [0.15, 0.2) is 11.5 Å². The molecule has 8 heteroatoms. The molecule has 0 bridgehead atoms. The number of benzene rings is 3. The van der Waals surface area contributed by atoms with Crippen LogP contribution in [0.3, 0.4) is 0 Å². The fraction of sp³-hybridized carbons (Fsp3) is 0.296. The summed E-state index contributed by atoms with van der Waals surface area (Å²) in [5.41, 5.74) is 2.06. The molecule has 35 heavy (non-hydrogen) atoms. The summed E-state index contributed by atoms with van der Waals surface area (Å²) >= 11 is 0. The summed E-state index contributed by atoms with van der Waals surface area (Å²) in [5.74, 6) is 0.962. The Labute approximate surface area is 206 Å². The van der Waals surface area contributed by atoms with E-state index in [-0.39, 0.29) is 16.8 Å². The van der Waals surface area contributed by atoms with Crippen LogP contribution in [-0.2, 0) is 14.8 Å². The second-order valence-corrected chi connectivity index (χ2v) is 10.1. The number of rotatable bonds is 11. The Morgan fingerprint density at radius 1 is 0.800 bits per heavy atom. The van der Waals surface area contributed by atoms with Gasteiger partial charge in [-0.3, -0.25) is 4.79 Å². The van der Waals surface area contributed by atoms with Gasteiger partial charge in [0.1, 0.15) is 13.2 Å². The van der Waals surface area contributed by atoms with E-state index in [1.807, 2.05) is 60.7 Å².